The third-order valence-electron chi connectivity index (χ3n) is 6.35. The lowest BCUT2D eigenvalue weighted by Gasteiger charge is -2.29. The van der Waals surface area contributed by atoms with Crippen LogP contribution in [-0.4, -0.2) is 31.7 Å². The molecule has 1 fully saturated rings. The zero-order chi connectivity index (χ0) is 21.9. The van der Waals surface area contributed by atoms with Gasteiger partial charge in [0.15, 0.2) is 5.82 Å². The van der Waals surface area contributed by atoms with E-state index in [0.29, 0.717) is 17.0 Å². The zero-order valence-electron chi connectivity index (χ0n) is 17.5. The van der Waals surface area contributed by atoms with Gasteiger partial charge in [0.25, 0.3) is 5.88 Å². The molecule has 0 amide bonds. The van der Waals surface area contributed by atoms with Crippen molar-refractivity contribution in [3.8, 4) is 23.2 Å². The van der Waals surface area contributed by atoms with Crippen molar-refractivity contribution in [3.63, 3.8) is 0 Å². The summed E-state index contributed by atoms with van der Waals surface area (Å²) in [5, 5.41) is 14.5. The smallest absolute Gasteiger partial charge is 0.258 e. The van der Waals surface area contributed by atoms with Crippen LogP contribution in [-0.2, 0) is 7.05 Å². The molecule has 3 aromatic rings. The largest absolute Gasteiger partial charge is 0.467 e. The minimum absolute atomic E-state index is 0.0235. The molecule has 4 heterocycles. The molecule has 9 heteroatoms. The second kappa shape index (κ2) is 7.03. The van der Waals surface area contributed by atoms with Crippen molar-refractivity contribution < 1.29 is 9.13 Å². The molecule has 2 aromatic heterocycles. The molecule has 3 atom stereocenters. The Balaban J connectivity index is 1.80. The Morgan fingerprint density at radius 3 is 2.77 bits per heavy atom. The highest BCUT2D eigenvalue weighted by molar-refractivity contribution is 5.70. The highest BCUT2D eigenvalue weighted by Gasteiger charge is 2.39. The van der Waals surface area contributed by atoms with Crippen molar-refractivity contribution in [3.05, 3.63) is 52.7 Å². The van der Waals surface area contributed by atoms with E-state index in [1.54, 1.807) is 17.9 Å². The standard InChI is InChI=1S/C22H22FN7O/c1-11-14-8-12(23)4-5-13(14)16-6-7-17(29(16)2)20-19(18(9-24)30(3)28-20)15-10-26-21(25)22(27-15)31-11/h4-5,8,10-11,16-17H,6-7H2,1-3H3,(H2,25,26)/t11-,16?,17?/m1/s1. The molecule has 1 aromatic carbocycles. The Kier molecular flexibility index (Phi) is 4.41. The summed E-state index contributed by atoms with van der Waals surface area (Å²) in [5.74, 6) is -0.0354. The van der Waals surface area contributed by atoms with Gasteiger partial charge in [-0.1, -0.05) is 6.07 Å². The van der Waals surface area contributed by atoms with E-state index < -0.39 is 6.10 Å². The molecular weight excluding hydrogens is 397 g/mol. The van der Waals surface area contributed by atoms with Crippen molar-refractivity contribution in [2.45, 2.75) is 38.0 Å². The van der Waals surface area contributed by atoms with Crippen molar-refractivity contribution in [1.82, 2.24) is 24.6 Å². The van der Waals surface area contributed by atoms with Crippen LogP contribution < -0.4 is 10.5 Å². The number of nitrogens with zero attached hydrogens (tertiary/aromatic N) is 6. The average Bonchev–Trinajstić information content (AvgIpc) is 3.28. The lowest BCUT2D eigenvalue weighted by atomic mass is 9.95. The normalized spacial score (nSPS) is 22.5. The molecule has 2 N–H and O–H groups in total. The van der Waals surface area contributed by atoms with Crippen LogP contribution in [0.25, 0.3) is 11.3 Å². The summed E-state index contributed by atoms with van der Waals surface area (Å²) >= 11 is 0. The lowest BCUT2D eigenvalue weighted by molar-refractivity contribution is 0.206. The van der Waals surface area contributed by atoms with Gasteiger partial charge in [0, 0.05) is 13.1 Å². The maximum atomic E-state index is 14.2. The molecule has 2 unspecified atom stereocenters. The van der Waals surface area contributed by atoms with E-state index in [-0.39, 0.29) is 29.6 Å². The van der Waals surface area contributed by atoms with Gasteiger partial charge in [0.1, 0.15) is 23.7 Å². The number of ether oxygens (including phenoxy) is 1. The monoisotopic (exact) mass is 419 g/mol. The summed E-state index contributed by atoms with van der Waals surface area (Å²) in [4.78, 5) is 11.1. The zero-order valence-corrected chi connectivity index (χ0v) is 17.5. The van der Waals surface area contributed by atoms with Gasteiger partial charge >= 0.3 is 0 Å². The maximum absolute atomic E-state index is 14.2. The number of hydrogen-bond donors (Lipinski definition) is 1. The van der Waals surface area contributed by atoms with Crippen LogP contribution in [0.3, 0.4) is 0 Å². The van der Waals surface area contributed by atoms with Crippen molar-refractivity contribution in [2.24, 2.45) is 7.05 Å². The third-order valence-corrected chi connectivity index (χ3v) is 6.35. The van der Waals surface area contributed by atoms with Crippen LogP contribution in [0.4, 0.5) is 10.2 Å². The predicted octanol–water partition coefficient (Wildman–Crippen LogP) is 3.43. The summed E-state index contributed by atoms with van der Waals surface area (Å²) in [6.07, 6.45) is 2.76. The molecule has 158 valence electrons. The van der Waals surface area contributed by atoms with E-state index in [1.165, 1.54) is 12.1 Å². The highest BCUT2D eigenvalue weighted by Crippen LogP contribution is 2.47. The van der Waals surface area contributed by atoms with Crippen LogP contribution in [0, 0.1) is 17.1 Å². The van der Waals surface area contributed by atoms with Gasteiger partial charge in [-0.3, -0.25) is 9.58 Å². The molecular formula is C22H22FN7O. The summed E-state index contributed by atoms with van der Waals surface area (Å²) in [5.41, 5.74) is 10.1. The first-order valence-electron chi connectivity index (χ1n) is 10.2. The van der Waals surface area contributed by atoms with Gasteiger partial charge in [0.2, 0.25) is 0 Å². The van der Waals surface area contributed by atoms with Crippen LogP contribution in [0.2, 0.25) is 0 Å². The van der Waals surface area contributed by atoms with Crippen LogP contribution >= 0.6 is 0 Å². The van der Waals surface area contributed by atoms with Crippen molar-refractivity contribution in [1.29, 1.82) is 5.26 Å². The SMILES string of the molecule is C[C@H]1Oc2nc(cnc2N)-c2c(nn(C)c2C#N)C2CCC(c3ccc(F)cc31)N2C. The van der Waals surface area contributed by atoms with E-state index in [1.807, 2.05) is 20.0 Å². The number of aryl methyl sites for hydroxylation is 1. The fourth-order valence-corrected chi connectivity index (χ4v) is 4.82. The third kappa shape index (κ3) is 2.94. The second-order valence-electron chi connectivity index (χ2n) is 8.10. The number of fused-ring (bicyclic) bond motifs is 9. The summed E-state index contributed by atoms with van der Waals surface area (Å²) in [7, 11) is 3.79. The van der Waals surface area contributed by atoms with Gasteiger partial charge in [-0.15, -0.1) is 0 Å². The Morgan fingerprint density at radius 1 is 1.23 bits per heavy atom. The number of rotatable bonds is 0. The molecule has 0 saturated carbocycles. The van der Waals surface area contributed by atoms with Crippen LogP contribution in [0.5, 0.6) is 5.88 Å². The van der Waals surface area contributed by atoms with Crippen LogP contribution in [0.15, 0.2) is 24.4 Å². The fourth-order valence-electron chi connectivity index (χ4n) is 4.82. The van der Waals surface area contributed by atoms with Crippen molar-refractivity contribution in [2.75, 3.05) is 12.8 Å². The molecule has 0 radical (unpaired) electrons. The minimum atomic E-state index is -0.492. The molecule has 31 heavy (non-hydrogen) atoms. The molecule has 0 spiro atoms. The van der Waals surface area contributed by atoms with Gasteiger partial charge in [0.05, 0.1) is 29.2 Å². The predicted molar refractivity (Wildman–Crippen MR) is 111 cm³/mol. The number of aromatic nitrogens is 4. The van der Waals surface area contributed by atoms with Gasteiger partial charge in [-0.2, -0.15) is 10.4 Å². The first-order valence-corrected chi connectivity index (χ1v) is 10.2. The molecule has 2 aliphatic rings. The number of nitrogen functional groups attached to an aromatic ring is 1. The van der Waals surface area contributed by atoms with E-state index >= 15 is 0 Å². The quantitative estimate of drug-likeness (QED) is 0.595. The van der Waals surface area contributed by atoms with Gasteiger partial charge in [-0.05, 0) is 50.1 Å². The number of halogens is 1. The fraction of sp³-hybridized carbons (Fsp3) is 0.364. The molecule has 4 bridgehead atoms. The average molecular weight is 419 g/mol. The Bertz CT molecular complexity index is 1230. The van der Waals surface area contributed by atoms with E-state index in [0.717, 1.165) is 29.7 Å². The van der Waals surface area contributed by atoms with Gasteiger partial charge in [-0.25, -0.2) is 14.4 Å². The summed E-state index contributed by atoms with van der Waals surface area (Å²) < 4.78 is 21.8. The molecule has 1 saturated heterocycles. The minimum Gasteiger partial charge on any atom is -0.467 e. The molecule has 5 rings (SSSR count). The maximum Gasteiger partial charge on any atom is 0.258 e. The molecule has 2 aliphatic heterocycles. The summed E-state index contributed by atoms with van der Waals surface area (Å²) in [6, 6.07) is 7.10. The molecule has 8 nitrogen and oxygen atoms in total. The van der Waals surface area contributed by atoms with E-state index in [9.17, 15) is 9.65 Å². The number of anilines is 1. The number of nitrogens with two attached hydrogens (primary N) is 1. The van der Waals surface area contributed by atoms with Crippen molar-refractivity contribution >= 4 is 5.82 Å². The van der Waals surface area contributed by atoms with Crippen LogP contribution in [0.1, 0.15) is 60.5 Å². The molecule has 0 aliphatic carbocycles. The van der Waals surface area contributed by atoms with E-state index in [2.05, 4.69) is 20.9 Å². The Hall–Kier alpha value is -3.51. The van der Waals surface area contributed by atoms with Gasteiger partial charge < -0.3 is 10.5 Å². The number of benzene rings is 1. The Labute approximate surface area is 179 Å². The lowest BCUT2D eigenvalue weighted by Crippen LogP contribution is -2.24. The summed E-state index contributed by atoms with van der Waals surface area (Å²) in [6.45, 7) is 1.85. The highest BCUT2D eigenvalue weighted by atomic mass is 19.1. The Morgan fingerprint density at radius 2 is 2.00 bits per heavy atom. The second-order valence-corrected chi connectivity index (χ2v) is 8.10. The topological polar surface area (TPSA) is 106 Å². The number of nitriles is 1. The first-order chi connectivity index (χ1) is 14.9. The van der Waals surface area contributed by atoms with E-state index in [4.69, 9.17) is 15.6 Å². The number of hydrogen-bond acceptors (Lipinski definition) is 7. The first kappa shape index (κ1) is 19.5.